The third-order valence-corrected chi connectivity index (χ3v) is 6.39. The average Bonchev–Trinajstić information content (AvgIpc) is 3.40. The van der Waals surface area contributed by atoms with E-state index < -0.39 is 5.60 Å². The van der Waals surface area contributed by atoms with Gasteiger partial charge in [-0.1, -0.05) is 24.3 Å². The summed E-state index contributed by atoms with van der Waals surface area (Å²) in [5.74, 6) is 0.0370. The molecule has 2 aromatic rings. The molecule has 4 rings (SSSR count). The van der Waals surface area contributed by atoms with Crippen molar-refractivity contribution >= 4 is 5.91 Å². The van der Waals surface area contributed by atoms with Crippen LogP contribution in [0.4, 0.5) is 0 Å². The van der Waals surface area contributed by atoms with Gasteiger partial charge in [0.25, 0.3) is 5.91 Å². The van der Waals surface area contributed by atoms with Crippen molar-refractivity contribution in [2.45, 2.75) is 50.3 Å². The van der Waals surface area contributed by atoms with Gasteiger partial charge in [-0.05, 0) is 43.2 Å². The maximum atomic E-state index is 12.8. The maximum absolute atomic E-state index is 12.8. The van der Waals surface area contributed by atoms with Gasteiger partial charge in [0.1, 0.15) is 5.60 Å². The van der Waals surface area contributed by atoms with Gasteiger partial charge in [0, 0.05) is 51.7 Å². The minimum Gasteiger partial charge on any atom is -0.368 e. The molecule has 2 aliphatic rings. The molecule has 28 heavy (non-hydrogen) atoms. The Hall–Kier alpha value is -2.18. The number of carbonyl (C=O) groups is 1. The van der Waals surface area contributed by atoms with Crippen molar-refractivity contribution in [3.8, 4) is 0 Å². The molecule has 0 atom stereocenters. The first-order valence-corrected chi connectivity index (χ1v) is 10.3. The standard InChI is InChI=1S/C22H30N4O2/c1-28-22(21(27)24-9-4-11-25-14-10-23-17-25)7-12-26(13-8-22)20-15-18-5-2-3-6-19(18)16-20/h2-3,5-6,10,14,17,20H,4,7-9,11-13,15-16H2,1H3,(H,24,27). The summed E-state index contributed by atoms with van der Waals surface area (Å²) < 4.78 is 7.79. The largest absolute Gasteiger partial charge is 0.368 e. The molecule has 2 heterocycles. The van der Waals surface area contributed by atoms with E-state index in [1.165, 1.54) is 11.1 Å². The van der Waals surface area contributed by atoms with Gasteiger partial charge in [0.2, 0.25) is 0 Å². The number of methoxy groups -OCH3 is 1. The smallest absolute Gasteiger partial charge is 0.252 e. The first-order valence-electron chi connectivity index (χ1n) is 10.3. The molecular weight excluding hydrogens is 352 g/mol. The molecule has 0 unspecified atom stereocenters. The molecule has 1 aliphatic carbocycles. The molecule has 0 bridgehead atoms. The first-order chi connectivity index (χ1) is 13.7. The SMILES string of the molecule is COC1(C(=O)NCCCn2ccnc2)CCN(C2Cc3ccccc3C2)CC1. The number of aromatic nitrogens is 2. The van der Waals surface area contributed by atoms with E-state index in [1.807, 2.05) is 10.8 Å². The highest BCUT2D eigenvalue weighted by Crippen LogP contribution is 2.31. The van der Waals surface area contributed by atoms with Crippen LogP contribution >= 0.6 is 0 Å². The van der Waals surface area contributed by atoms with Gasteiger partial charge in [0.15, 0.2) is 0 Å². The molecule has 1 saturated heterocycles. The minimum atomic E-state index is -0.684. The molecule has 6 heteroatoms. The summed E-state index contributed by atoms with van der Waals surface area (Å²) in [6.07, 6.45) is 10.1. The summed E-state index contributed by atoms with van der Waals surface area (Å²) >= 11 is 0. The fourth-order valence-electron chi connectivity index (χ4n) is 4.61. The number of nitrogens with one attached hydrogen (secondary N) is 1. The minimum absolute atomic E-state index is 0.0370. The Morgan fingerprint density at radius 3 is 2.57 bits per heavy atom. The Labute approximate surface area is 166 Å². The fraction of sp³-hybridized carbons (Fsp3) is 0.545. The van der Waals surface area contributed by atoms with E-state index in [9.17, 15) is 4.79 Å². The predicted molar refractivity (Wildman–Crippen MR) is 108 cm³/mol. The quantitative estimate of drug-likeness (QED) is 0.745. The molecule has 1 aromatic carbocycles. The van der Waals surface area contributed by atoms with Crippen LogP contribution in [0, 0.1) is 0 Å². The second-order valence-corrected chi connectivity index (χ2v) is 7.98. The van der Waals surface area contributed by atoms with E-state index in [0.29, 0.717) is 12.6 Å². The summed E-state index contributed by atoms with van der Waals surface area (Å²) in [5, 5.41) is 3.09. The monoisotopic (exact) mass is 382 g/mol. The average molecular weight is 383 g/mol. The lowest BCUT2D eigenvalue weighted by molar-refractivity contribution is -0.150. The molecular formula is C22H30N4O2. The van der Waals surface area contributed by atoms with Gasteiger partial charge in [0.05, 0.1) is 6.33 Å². The lowest BCUT2D eigenvalue weighted by Crippen LogP contribution is -2.56. The van der Waals surface area contributed by atoms with Crippen molar-refractivity contribution in [1.29, 1.82) is 0 Å². The molecule has 0 saturated carbocycles. The number of nitrogens with zero attached hydrogens (tertiary/aromatic N) is 3. The van der Waals surface area contributed by atoms with Gasteiger partial charge in [-0.2, -0.15) is 0 Å². The number of carbonyl (C=O) groups excluding carboxylic acids is 1. The van der Waals surface area contributed by atoms with Gasteiger partial charge < -0.3 is 14.6 Å². The van der Waals surface area contributed by atoms with Crippen LogP contribution in [0.1, 0.15) is 30.4 Å². The van der Waals surface area contributed by atoms with E-state index in [1.54, 1.807) is 19.6 Å². The van der Waals surface area contributed by atoms with Crippen molar-refractivity contribution in [2.75, 3.05) is 26.7 Å². The summed E-state index contributed by atoms with van der Waals surface area (Å²) in [4.78, 5) is 19.4. The van der Waals surface area contributed by atoms with Crippen molar-refractivity contribution in [3.05, 3.63) is 54.1 Å². The Morgan fingerprint density at radius 2 is 1.96 bits per heavy atom. The highest BCUT2D eigenvalue weighted by atomic mass is 16.5. The number of amides is 1. The van der Waals surface area contributed by atoms with Crippen LogP contribution in [0.25, 0.3) is 0 Å². The number of benzene rings is 1. The number of fused-ring (bicyclic) bond motifs is 1. The number of hydrogen-bond donors (Lipinski definition) is 1. The zero-order chi connectivity index (χ0) is 19.4. The summed E-state index contributed by atoms with van der Waals surface area (Å²) in [6.45, 7) is 3.34. The van der Waals surface area contributed by atoms with Gasteiger partial charge in [-0.25, -0.2) is 4.98 Å². The third-order valence-electron chi connectivity index (χ3n) is 6.39. The molecule has 1 aromatic heterocycles. The van der Waals surface area contributed by atoms with Crippen LogP contribution in [0.3, 0.4) is 0 Å². The van der Waals surface area contributed by atoms with E-state index >= 15 is 0 Å². The van der Waals surface area contributed by atoms with Crippen LogP contribution in [0.2, 0.25) is 0 Å². The normalized spacial score (nSPS) is 19.5. The Kier molecular flexibility index (Phi) is 5.78. The van der Waals surface area contributed by atoms with Crippen molar-refractivity contribution in [1.82, 2.24) is 19.8 Å². The van der Waals surface area contributed by atoms with Gasteiger partial charge >= 0.3 is 0 Å². The van der Waals surface area contributed by atoms with E-state index in [2.05, 4.69) is 39.5 Å². The number of imidazole rings is 1. The lowest BCUT2D eigenvalue weighted by atomic mass is 9.89. The molecule has 150 valence electrons. The Balaban J connectivity index is 1.26. The highest BCUT2D eigenvalue weighted by molar-refractivity contribution is 5.85. The number of ether oxygens (including phenoxy) is 1. The topological polar surface area (TPSA) is 59.4 Å². The second-order valence-electron chi connectivity index (χ2n) is 7.98. The van der Waals surface area contributed by atoms with E-state index in [4.69, 9.17) is 4.74 Å². The molecule has 1 aliphatic heterocycles. The summed E-state index contributed by atoms with van der Waals surface area (Å²) in [6, 6.07) is 9.31. The first kappa shape index (κ1) is 19.2. The van der Waals surface area contributed by atoms with Crippen molar-refractivity contribution in [2.24, 2.45) is 0 Å². The van der Waals surface area contributed by atoms with Crippen molar-refractivity contribution < 1.29 is 9.53 Å². The van der Waals surface area contributed by atoms with Gasteiger partial charge in [-0.15, -0.1) is 0 Å². The zero-order valence-corrected chi connectivity index (χ0v) is 16.6. The number of likely N-dealkylation sites (tertiary alicyclic amines) is 1. The van der Waals surface area contributed by atoms with E-state index in [0.717, 1.165) is 51.7 Å². The highest BCUT2D eigenvalue weighted by Gasteiger charge is 2.43. The van der Waals surface area contributed by atoms with Crippen LogP contribution in [-0.4, -0.2) is 58.7 Å². The number of piperidine rings is 1. The number of rotatable bonds is 7. The summed E-state index contributed by atoms with van der Waals surface area (Å²) in [5.41, 5.74) is 2.27. The molecule has 1 fully saturated rings. The zero-order valence-electron chi connectivity index (χ0n) is 16.6. The molecule has 0 radical (unpaired) electrons. The Morgan fingerprint density at radius 1 is 1.25 bits per heavy atom. The van der Waals surface area contributed by atoms with Crippen LogP contribution in [0.15, 0.2) is 43.0 Å². The fourth-order valence-corrected chi connectivity index (χ4v) is 4.61. The second kappa shape index (κ2) is 8.45. The molecule has 6 nitrogen and oxygen atoms in total. The van der Waals surface area contributed by atoms with Crippen LogP contribution in [-0.2, 0) is 28.9 Å². The number of aryl methyl sites for hydroxylation is 1. The molecule has 1 N–H and O–H groups in total. The van der Waals surface area contributed by atoms with E-state index in [-0.39, 0.29) is 5.91 Å². The maximum Gasteiger partial charge on any atom is 0.252 e. The van der Waals surface area contributed by atoms with Crippen LogP contribution in [0.5, 0.6) is 0 Å². The molecule has 0 spiro atoms. The van der Waals surface area contributed by atoms with Crippen LogP contribution < -0.4 is 5.32 Å². The number of hydrogen-bond acceptors (Lipinski definition) is 4. The van der Waals surface area contributed by atoms with Gasteiger partial charge in [-0.3, -0.25) is 9.69 Å². The Bertz CT molecular complexity index is 757. The molecule has 1 amide bonds. The van der Waals surface area contributed by atoms with Crippen molar-refractivity contribution in [3.63, 3.8) is 0 Å². The third kappa shape index (κ3) is 3.98. The predicted octanol–water partition coefficient (Wildman–Crippen LogP) is 2.04. The lowest BCUT2D eigenvalue weighted by Gasteiger charge is -2.41. The summed E-state index contributed by atoms with van der Waals surface area (Å²) in [7, 11) is 1.67.